The number of methoxy groups -OCH3 is 1. The fraction of sp³-hybridized carbons (Fsp3) is 0.333. The topological polar surface area (TPSA) is 66.0 Å². The molecule has 7 heteroatoms. The van der Waals surface area contributed by atoms with Crippen molar-refractivity contribution in [1.82, 2.24) is 14.8 Å². The van der Waals surface area contributed by atoms with Gasteiger partial charge in [-0.3, -0.25) is 0 Å². The van der Waals surface area contributed by atoms with Crippen LogP contribution in [0.15, 0.2) is 18.2 Å². The molecule has 0 unspecified atom stereocenters. The van der Waals surface area contributed by atoms with E-state index in [1.807, 2.05) is 4.57 Å². The van der Waals surface area contributed by atoms with E-state index >= 15 is 0 Å². The van der Waals surface area contributed by atoms with Crippen LogP contribution in [0.3, 0.4) is 0 Å². The van der Waals surface area contributed by atoms with Crippen LogP contribution >= 0.6 is 23.2 Å². The van der Waals surface area contributed by atoms with Crippen LogP contribution in [0.1, 0.15) is 5.82 Å². The zero-order chi connectivity index (χ0) is 13.8. The van der Waals surface area contributed by atoms with Gasteiger partial charge in [-0.2, -0.15) is 0 Å². The average Bonchev–Trinajstić information content (AvgIpc) is 2.79. The van der Waals surface area contributed by atoms with E-state index in [2.05, 4.69) is 10.2 Å². The highest BCUT2D eigenvalue weighted by atomic mass is 35.5. The van der Waals surface area contributed by atoms with Crippen molar-refractivity contribution in [3.05, 3.63) is 34.1 Å². The third kappa shape index (κ3) is 2.90. The maximum atomic E-state index is 6.19. The molecule has 0 bridgehead atoms. The fourth-order valence-corrected chi connectivity index (χ4v) is 2.37. The lowest BCUT2D eigenvalue weighted by Gasteiger charge is -2.11. The number of benzene rings is 1. The number of halogens is 2. The lowest BCUT2D eigenvalue weighted by atomic mass is 10.2. The highest BCUT2D eigenvalue weighted by molar-refractivity contribution is 6.38. The number of nitrogens with two attached hydrogens (primary N) is 1. The molecule has 0 saturated heterocycles. The van der Waals surface area contributed by atoms with Crippen molar-refractivity contribution in [1.29, 1.82) is 0 Å². The van der Waals surface area contributed by atoms with Crippen LogP contribution in [0.4, 0.5) is 0 Å². The molecule has 0 fully saturated rings. The van der Waals surface area contributed by atoms with Gasteiger partial charge in [0.15, 0.2) is 5.82 Å². The summed E-state index contributed by atoms with van der Waals surface area (Å²) in [6.45, 7) is 1.41. The van der Waals surface area contributed by atoms with Crippen LogP contribution in [0.25, 0.3) is 11.4 Å². The minimum Gasteiger partial charge on any atom is -0.383 e. The first kappa shape index (κ1) is 14.3. The second-order valence-corrected chi connectivity index (χ2v) is 4.70. The Morgan fingerprint density at radius 3 is 2.53 bits per heavy atom. The van der Waals surface area contributed by atoms with Gasteiger partial charge in [-0.15, -0.1) is 10.2 Å². The van der Waals surface area contributed by atoms with Crippen LogP contribution < -0.4 is 5.73 Å². The molecular weight excluding hydrogens is 287 g/mol. The molecule has 102 valence electrons. The molecule has 0 atom stereocenters. The van der Waals surface area contributed by atoms with Crippen LogP contribution in [-0.4, -0.2) is 28.5 Å². The number of rotatable bonds is 5. The van der Waals surface area contributed by atoms with Crippen molar-refractivity contribution < 1.29 is 4.74 Å². The lowest BCUT2D eigenvalue weighted by molar-refractivity contribution is 0.186. The lowest BCUT2D eigenvalue weighted by Crippen LogP contribution is -2.13. The molecule has 5 nitrogen and oxygen atoms in total. The summed E-state index contributed by atoms with van der Waals surface area (Å²) in [7, 11) is 1.63. The second-order valence-electron chi connectivity index (χ2n) is 3.89. The Morgan fingerprint density at radius 1 is 1.26 bits per heavy atom. The number of ether oxygens (including phenoxy) is 1. The maximum absolute atomic E-state index is 6.19. The van der Waals surface area contributed by atoms with Crippen molar-refractivity contribution in [3.8, 4) is 11.4 Å². The van der Waals surface area contributed by atoms with Gasteiger partial charge < -0.3 is 15.0 Å². The third-order valence-corrected chi connectivity index (χ3v) is 3.35. The number of aromatic nitrogens is 3. The molecule has 0 aliphatic carbocycles. The van der Waals surface area contributed by atoms with Crippen molar-refractivity contribution in [2.45, 2.75) is 13.1 Å². The van der Waals surface area contributed by atoms with Crippen molar-refractivity contribution in [3.63, 3.8) is 0 Å². The largest absolute Gasteiger partial charge is 0.383 e. The molecule has 1 aromatic heterocycles. The number of hydrogen-bond acceptors (Lipinski definition) is 4. The van der Waals surface area contributed by atoms with Crippen LogP contribution in [-0.2, 0) is 17.8 Å². The van der Waals surface area contributed by atoms with E-state index in [1.165, 1.54) is 0 Å². The molecule has 19 heavy (non-hydrogen) atoms. The summed E-state index contributed by atoms with van der Waals surface area (Å²) in [5, 5.41) is 9.26. The van der Waals surface area contributed by atoms with E-state index in [-0.39, 0.29) is 0 Å². The van der Waals surface area contributed by atoms with E-state index in [1.54, 1.807) is 25.3 Å². The first-order chi connectivity index (χ1) is 9.19. The van der Waals surface area contributed by atoms with E-state index in [0.29, 0.717) is 47.0 Å². The first-order valence-electron chi connectivity index (χ1n) is 5.74. The Balaban J connectivity index is 2.52. The van der Waals surface area contributed by atoms with Crippen LogP contribution in [0.5, 0.6) is 0 Å². The standard InChI is InChI=1S/C12H14Cl2N4O/c1-19-6-5-18-10(7-15)16-17-12(18)11-8(13)3-2-4-9(11)14/h2-4H,5-7,15H2,1H3. The molecule has 0 spiro atoms. The van der Waals surface area contributed by atoms with Gasteiger partial charge in [0.1, 0.15) is 5.82 Å². The smallest absolute Gasteiger partial charge is 0.167 e. The van der Waals surface area contributed by atoms with Gasteiger partial charge in [0.05, 0.1) is 28.8 Å². The predicted octanol–water partition coefficient (Wildman–Crippen LogP) is 2.36. The molecular formula is C12H14Cl2N4O. The molecule has 2 rings (SSSR count). The predicted molar refractivity (Wildman–Crippen MR) is 75.2 cm³/mol. The molecule has 2 N–H and O–H groups in total. The molecule has 0 saturated carbocycles. The Bertz CT molecular complexity index is 551. The number of nitrogens with zero attached hydrogens (tertiary/aromatic N) is 3. The zero-order valence-electron chi connectivity index (χ0n) is 10.4. The SMILES string of the molecule is COCCn1c(CN)nnc1-c1c(Cl)cccc1Cl. The molecule has 0 aliphatic rings. The van der Waals surface area contributed by atoms with Gasteiger partial charge in [0, 0.05) is 13.7 Å². The summed E-state index contributed by atoms with van der Waals surface area (Å²) in [5.41, 5.74) is 6.32. The molecule has 0 amide bonds. The molecule has 0 aliphatic heterocycles. The summed E-state index contributed by atoms with van der Waals surface area (Å²) >= 11 is 12.4. The van der Waals surface area contributed by atoms with E-state index in [9.17, 15) is 0 Å². The molecule has 0 radical (unpaired) electrons. The van der Waals surface area contributed by atoms with Crippen LogP contribution in [0, 0.1) is 0 Å². The van der Waals surface area contributed by atoms with Crippen LogP contribution in [0.2, 0.25) is 10.0 Å². The Morgan fingerprint density at radius 2 is 1.95 bits per heavy atom. The second kappa shape index (κ2) is 6.34. The average molecular weight is 301 g/mol. The highest BCUT2D eigenvalue weighted by Gasteiger charge is 2.17. The summed E-state index contributed by atoms with van der Waals surface area (Å²) in [4.78, 5) is 0. The Hall–Kier alpha value is -1.14. The summed E-state index contributed by atoms with van der Waals surface area (Å²) in [6, 6.07) is 5.31. The third-order valence-electron chi connectivity index (χ3n) is 2.72. The Labute approximate surface area is 121 Å². The van der Waals surface area contributed by atoms with E-state index < -0.39 is 0 Å². The summed E-state index contributed by atoms with van der Waals surface area (Å²) < 4.78 is 6.95. The van der Waals surface area contributed by atoms with Crippen molar-refractivity contribution in [2.75, 3.05) is 13.7 Å². The molecule has 2 aromatic rings. The van der Waals surface area contributed by atoms with Gasteiger partial charge in [-0.25, -0.2) is 0 Å². The number of hydrogen-bond donors (Lipinski definition) is 1. The first-order valence-corrected chi connectivity index (χ1v) is 6.50. The maximum Gasteiger partial charge on any atom is 0.167 e. The van der Waals surface area contributed by atoms with E-state index in [4.69, 9.17) is 33.7 Å². The summed E-state index contributed by atoms with van der Waals surface area (Å²) in [6.07, 6.45) is 0. The molecule has 1 heterocycles. The zero-order valence-corrected chi connectivity index (χ0v) is 11.9. The quantitative estimate of drug-likeness (QED) is 0.920. The Kier molecular flexibility index (Phi) is 4.76. The summed E-state index contributed by atoms with van der Waals surface area (Å²) in [5.74, 6) is 1.27. The minimum atomic E-state index is 0.290. The normalized spacial score (nSPS) is 10.9. The monoisotopic (exact) mass is 300 g/mol. The van der Waals surface area contributed by atoms with Crippen molar-refractivity contribution in [2.24, 2.45) is 5.73 Å². The van der Waals surface area contributed by atoms with Crippen molar-refractivity contribution >= 4 is 23.2 Å². The highest BCUT2D eigenvalue weighted by Crippen LogP contribution is 2.33. The van der Waals surface area contributed by atoms with Gasteiger partial charge in [0.2, 0.25) is 0 Å². The van der Waals surface area contributed by atoms with Gasteiger partial charge >= 0.3 is 0 Å². The fourth-order valence-electron chi connectivity index (χ4n) is 1.80. The van der Waals surface area contributed by atoms with Gasteiger partial charge in [-0.1, -0.05) is 29.3 Å². The van der Waals surface area contributed by atoms with E-state index in [0.717, 1.165) is 0 Å². The van der Waals surface area contributed by atoms with Gasteiger partial charge in [0.25, 0.3) is 0 Å². The minimum absolute atomic E-state index is 0.290. The van der Waals surface area contributed by atoms with Gasteiger partial charge in [-0.05, 0) is 12.1 Å². The molecule has 1 aromatic carbocycles.